The number of carbonyl (C=O) groups excluding carboxylic acids is 2. The zero-order valence-electron chi connectivity index (χ0n) is 15.2. The first-order valence-corrected chi connectivity index (χ1v) is 9.80. The van der Waals surface area contributed by atoms with Crippen LogP contribution < -0.4 is 5.32 Å². The van der Waals surface area contributed by atoms with Crippen molar-refractivity contribution < 1.29 is 9.59 Å². The van der Waals surface area contributed by atoms with Gasteiger partial charge in [0.15, 0.2) is 0 Å². The number of benzene rings is 1. The topological polar surface area (TPSA) is 52.7 Å². The summed E-state index contributed by atoms with van der Waals surface area (Å²) in [6.07, 6.45) is 1.38. The third-order valence-electron chi connectivity index (χ3n) is 5.43. The van der Waals surface area contributed by atoms with Gasteiger partial charge in [0.1, 0.15) is 4.33 Å². The Balaban J connectivity index is 1.48. The number of nitrogens with one attached hydrogen (secondary N) is 1. The molecule has 2 fully saturated rings. The predicted molar refractivity (Wildman–Crippen MR) is 105 cm³/mol. The second-order valence-corrected chi connectivity index (χ2v) is 8.82. The van der Waals surface area contributed by atoms with E-state index in [4.69, 9.17) is 23.2 Å². The van der Waals surface area contributed by atoms with E-state index in [0.29, 0.717) is 39.1 Å². The molecule has 26 heavy (non-hydrogen) atoms. The van der Waals surface area contributed by atoms with Crippen molar-refractivity contribution in [1.82, 2.24) is 9.80 Å². The van der Waals surface area contributed by atoms with Crippen LogP contribution in [0.5, 0.6) is 0 Å². The molecule has 3 rings (SSSR count). The summed E-state index contributed by atoms with van der Waals surface area (Å²) in [5, 5.41) is 2.99. The van der Waals surface area contributed by atoms with Gasteiger partial charge in [0.25, 0.3) is 0 Å². The summed E-state index contributed by atoms with van der Waals surface area (Å²) in [4.78, 5) is 28.8. The summed E-state index contributed by atoms with van der Waals surface area (Å²) in [5.41, 5.74) is 1.33. The van der Waals surface area contributed by atoms with Crippen molar-refractivity contribution in [2.45, 2.75) is 31.0 Å². The van der Waals surface area contributed by atoms with E-state index < -0.39 is 9.75 Å². The number of rotatable bonds is 5. The fraction of sp³-hybridized carbons (Fsp3) is 0.579. The van der Waals surface area contributed by atoms with E-state index in [0.717, 1.165) is 17.7 Å². The largest absolute Gasteiger partial charge is 0.340 e. The predicted octanol–water partition coefficient (Wildman–Crippen LogP) is 2.92. The highest BCUT2D eigenvalue weighted by Gasteiger charge is 2.68. The Kier molecular flexibility index (Phi) is 5.52. The molecule has 2 amide bonds. The molecule has 0 unspecified atom stereocenters. The van der Waals surface area contributed by atoms with Crippen molar-refractivity contribution in [3.05, 3.63) is 29.8 Å². The Morgan fingerprint density at radius 2 is 1.77 bits per heavy atom. The van der Waals surface area contributed by atoms with Gasteiger partial charge in [-0.1, -0.05) is 25.1 Å². The molecule has 1 saturated heterocycles. The molecule has 1 atom stereocenters. The molecule has 7 heteroatoms. The summed E-state index contributed by atoms with van der Waals surface area (Å²) < 4.78 is -0.937. The molecule has 0 bridgehead atoms. The van der Waals surface area contributed by atoms with E-state index in [1.165, 1.54) is 0 Å². The molecule has 1 aromatic carbocycles. The van der Waals surface area contributed by atoms with Crippen molar-refractivity contribution in [2.75, 3.05) is 38.0 Å². The van der Waals surface area contributed by atoms with Crippen molar-refractivity contribution in [1.29, 1.82) is 0 Å². The smallest absolute Gasteiger partial charge is 0.238 e. The molecule has 142 valence electrons. The molecule has 1 heterocycles. The summed E-state index contributed by atoms with van der Waals surface area (Å²) >= 11 is 12.2. The minimum absolute atomic E-state index is 0.0171. The Morgan fingerprint density at radius 3 is 2.35 bits per heavy atom. The minimum atomic E-state index is -0.937. The molecule has 1 aliphatic carbocycles. The fourth-order valence-corrected chi connectivity index (χ4v) is 4.13. The van der Waals surface area contributed by atoms with E-state index in [9.17, 15) is 9.59 Å². The van der Waals surface area contributed by atoms with Gasteiger partial charge >= 0.3 is 0 Å². The van der Waals surface area contributed by atoms with Crippen LogP contribution in [0.1, 0.15) is 25.8 Å². The number of hydrogen-bond donors (Lipinski definition) is 1. The average molecular weight is 398 g/mol. The lowest BCUT2D eigenvalue weighted by atomic mass is 10.1. The number of piperazine rings is 1. The number of aryl methyl sites for hydroxylation is 1. The third kappa shape index (κ3) is 3.85. The molecule has 0 spiro atoms. The van der Waals surface area contributed by atoms with Crippen LogP contribution in [0.3, 0.4) is 0 Å². The summed E-state index contributed by atoms with van der Waals surface area (Å²) in [5.74, 6) is -0.0103. The Hall–Kier alpha value is -1.30. The second-order valence-electron chi connectivity index (χ2n) is 7.34. The highest BCUT2D eigenvalue weighted by molar-refractivity contribution is 6.53. The normalized spacial score (nSPS) is 25.0. The van der Waals surface area contributed by atoms with Gasteiger partial charge in [-0.25, -0.2) is 0 Å². The molecular weight excluding hydrogens is 373 g/mol. The Labute approximate surface area is 164 Å². The zero-order chi connectivity index (χ0) is 18.9. The van der Waals surface area contributed by atoms with Gasteiger partial charge in [-0.2, -0.15) is 0 Å². The summed E-state index contributed by atoms with van der Waals surface area (Å²) in [6, 6.07) is 7.84. The lowest BCUT2D eigenvalue weighted by Crippen LogP contribution is -2.52. The zero-order valence-corrected chi connectivity index (χ0v) is 16.7. The third-order valence-corrected chi connectivity index (χ3v) is 6.53. The van der Waals surface area contributed by atoms with E-state index in [1.807, 2.05) is 36.1 Å². The molecule has 1 aromatic rings. The first-order valence-electron chi connectivity index (χ1n) is 9.04. The maximum atomic E-state index is 12.6. The summed E-state index contributed by atoms with van der Waals surface area (Å²) in [7, 11) is 0. The molecule has 1 saturated carbocycles. The van der Waals surface area contributed by atoms with Gasteiger partial charge < -0.3 is 10.2 Å². The van der Waals surface area contributed by atoms with Crippen molar-refractivity contribution >= 4 is 40.7 Å². The quantitative estimate of drug-likeness (QED) is 0.777. The van der Waals surface area contributed by atoms with Gasteiger partial charge in [0.05, 0.1) is 12.0 Å². The number of halogens is 2. The Morgan fingerprint density at radius 1 is 1.15 bits per heavy atom. The van der Waals surface area contributed by atoms with Crippen LogP contribution >= 0.6 is 23.2 Å². The minimum Gasteiger partial charge on any atom is -0.340 e. The Bertz CT molecular complexity index is 702. The van der Waals surface area contributed by atoms with E-state index >= 15 is 0 Å². The fourth-order valence-electron chi connectivity index (χ4n) is 3.43. The number of nitrogens with zero attached hydrogens (tertiary/aromatic N) is 2. The van der Waals surface area contributed by atoms with Crippen LogP contribution in [0.15, 0.2) is 24.3 Å². The van der Waals surface area contributed by atoms with Crippen LogP contribution in [-0.2, 0) is 16.0 Å². The van der Waals surface area contributed by atoms with Gasteiger partial charge in [-0.05, 0) is 31.4 Å². The number of para-hydroxylation sites is 1. The SMILES string of the molecule is CCc1ccccc1NC(=O)CN1CCN(C(=O)[C@@]2(C)CC2(Cl)Cl)CC1. The summed E-state index contributed by atoms with van der Waals surface area (Å²) in [6.45, 7) is 6.74. The molecule has 0 radical (unpaired) electrons. The molecule has 0 aromatic heterocycles. The maximum Gasteiger partial charge on any atom is 0.238 e. The number of anilines is 1. The van der Waals surface area contributed by atoms with Crippen molar-refractivity contribution in [3.63, 3.8) is 0 Å². The van der Waals surface area contributed by atoms with E-state index in [2.05, 4.69) is 17.1 Å². The highest BCUT2D eigenvalue weighted by atomic mass is 35.5. The number of amides is 2. The van der Waals surface area contributed by atoms with Gasteiger partial charge in [0.2, 0.25) is 11.8 Å². The van der Waals surface area contributed by atoms with Gasteiger partial charge in [0, 0.05) is 31.9 Å². The molecule has 1 N–H and O–H groups in total. The lowest BCUT2D eigenvalue weighted by Gasteiger charge is -2.36. The van der Waals surface area contributed by atoms with Crippen LogP contribution in [0.25, 0.3) is 0 Å². The maximum absolute atomic E-state index is 12.6. The molecule has 2 aliphatic rings. The number of hydrogen-bond acceptors (Lipinski definition) is 3. The molecule has 5 nitrogen and oxygen atoms in total. The second kappa shape index (κ2) is 7.37. The molecule has 1 aliphatic heterocycles. The van der Waals surface area contributed by atoms with E-state index in [-0.39, 0.29) is 11.8 Å². The van der Waals surface area contributed by atoms with Crippen LogP contribution in [0, 0.1) is 5.41 Å². The van der Waals surface area contributed by atoms with E-state index in [1.54, 1.807) is 0 Å². The van der Waals surface area contributed by atoms with Crippen molar-refractivity contribution in [3.8, 4) is 0 Å². The van der Waals surface area contributed by atoms with Crippen LogP contribution in [0.4, 0.5) is 5.69 Å². The van der Waals surface area contributed by atoms with Gasteiger partial charge in [-0.3, -0.25) is 14.5 Å². The monoisotopic (exact) mass is 397 g/mol. The first-order chi connectivity index (χ1) is 12.3. The number of alkyl halides is 2. The van der Waals surface area contributed by atoms with Crippen LogP contribution in [-0.4, -0.2) is 58.7 Å². The number of carbonyl (C=O) groups is 2. The highest BCUT2D eigenvalue weighted by Crippen LogP contribution is 2.64. The van der Waals surface area contributed by atoms with Crippen molar-refractivity contribution in [2.24, 2.45) is 5.41 Å². The van der Waals surface area contributed by atoms with Gasteiger partial charge in [-0.15, -0.1) is 23.2 Å². The first kappa shape index (κ1) is 19.5. The molecular formula is C19H25Cl2N3O2. The van der Waals surface area contributed by atoms with Crippen LogP contribution in [0.2, 0.25) is 0 Å². The average Bonchev–Trinajstić information content (AvgIpc) is 3.14. The lowest BCUT2D eigenvalue weighted by molar-refractivity contribution is -0.138. The standard InChI is InChI=1S/C19H25Cl2N3O2/c1-3-14-6-4-5-7-15(14)22-16(25)12-23-8-10-24(11-9-23)17(26)18(2)13-19(18,20)21/h4-7H,3,8-13H2,1-2H3,(H,22,25)/t18-/m1/s1.